The van der Waals surface area contributed by atoms with Gasteiger partial charge in [0.15, 0.2) is 5.16 Å². The van der Waals surface area contributed by atoms with E-state index in [1.165, 1.54) is 39.8 Å². The minimum Gasteiger partial charge on any atom is -0.383 e. The number of fused-ring (bicyclic) bond motifs is 1. The van der Waals surface area contributed by atoms with Gasteiger partial charge in [0, 0.05) is 13.7 Å². The number of rotatable bonds is 8. The second-order valence-electron chi connectivity index (χ2n) is 5.79. The molecule has 2 heterocycles. The SMILES string of the molecule is COCCn1c(SCC(=O)NCc2ccc(F)c(Cl)c2)nc2ccsc2c1=O. The fourth-order valence-electron chi connectivity index (χ4n) is 2.44. The van der Waals surface area contributed by atoms with Gasteiger partial charge in [0.05, 0.1) is 29.4 Å². The van der Waals surface area contributed by atoms with Crippen molar-refractivity contribution in [1.29, 1.82) is 0 Å². The number of amides is 1. The highest BCUT2D eigenvalue weighted by Gasteiger charge is 2.14. The van der Waals surface area contributed by atoms with E-state index in [1.54, 1.807) is 19.2 Å². The first-order chi connectivity index (χ1) is 13.5. The van der Waals surface area contributed by atoms with Crippen LogP contribution in [0.4, 0.5) is 4.39 Å². The van der Waals surface area contributed by atoms with Crippen molar-refractivity contribution in [3.63, 3.8) is 0 Å². The third-order valence-electron chi connectivity index (χ3n) is 3.86. The van der Waals surface area contributed by atoms with E-state index in [0.29, 0.717) is 34.1 Å². The van der Waals surface area contributed by atoms with Crippen molar-refractivity contribution in [1.82, 2.24) is 14.9 Å². The second-order valence-corrected chi connectivity index (χ2v) is 8.06. The molecule has 0 saturated heterocycles. The maximum atomic E-state index is 13.2. The van der Waals surface area contributed by atoms with E-state index in [-0.39, 0.29) is 28.8 Å². The van der Waals surface area contributed by atoms with Crippen molar-refractivity contribution >= 4 is 50.8 Å². The molecule has 2 aromatic heterocycles. The number of methoxy groups -OCH3 is 1. The molecule has 0 spiro atoms. The molecule has 0 fully saturated rings. The lowest BCUT2D eigenvalue weighted by Crippen LogP contribution is -2.27. The van der Waals surface area contributed by atoms with Crippen molar-refractivity contribution < 1.29 is 13.9 Å². The molecule has 0 saturated carbocycles. The maximum Gasteiger partial charge on any atom is 0.272 e. The van der Waals surface area contributed by atoms with Gasteiger partial charge in [-0.2, -0.15) is 0 Å². The Morgan fingerprint density at radius 3 is 3.00 bits per heavy atom. The number of ether oxygens (including phenoxy) is 1. The number of benzene rings is 1. The van der Waals surface area contributed by atoms with Crippen LogP contribution < -0.4 is 10.9 Å². The first-order valence-electron chi connectivity index (χ1n) is 8.30. The smallest absolute Gasteiger partial charge is 0.272 e. The van der Waals surface area contributed by atoms with Gasteiger partial charge in [-0.25, -0.2) is 9.37 Å². The number of aromatic nitrogens is 2. The molecule has 6 nitrogen and oxygen atoms in total. The summed E-state index contributed by atoms with van der Waals surface area (Å²) >= 11 is 8.26. The lowest BCUT2D eigenvalue weighted by atomic mass is 10.2. The topological polar surface area (TPSA) is 73.2 Å². The van der Waals surface area contributed by atoms with Crippen LogP contribution >= 0.6 is 34.7 Å². The Bertz CT molecular complexity index is 1050. The van der Waals surface area contributed by atoms with Crippen molar-refractivity contribution in [2.45, 2.75) is 18.2 Å². The molecule has 3 aromatic rings. The fourth-order valence-corrected chi connectivity index (χ4v) is 4.28. The van der Waals surface area contributed by atoms with Crippen molar-refractivity contribution in [2.24, 2.45) is 0 Å². The van der Waals surface area contributed by atoms with Crippen LogP contribution in [0.15, 0.2) is 39.6 Å². The van der Waals surface area contributed by atoms with Crippen LogP contribution in [0.1, 0.15) is 5.56 Å². The van der Waals surface area contributed by atoms with E-state index < -0.39 is 5.82 Å². The molecule has 0 atom stereocenters. The zero-order chi connectivity index (χ0) is 20.1. The molecular formula is C18H17ClFN3O3S2. The van der Waals surface area contributed by atoms with E-state index in [0.717, 1.165) is 0 Å². The van der Waals surface area contributed by atoms with Crippen molar-refractivity contribution in [3.8, 4) is 0 Å². The summed E-state index contributed by atoms with van der Waals surface area (Å²) in [5, 5.41) is 5.04. The van der Waals surface area contributed by atoms with Gasteiger partial charge in [-0.3, -0.25) is 14.2 Å². The highest BCUT2D eigenvalue weighted by Crippen LogP contribution is 2.21. The van der Waals surface area contributed by atoms with Crippen LogP contribution in [-0.2, 0) is 22.6 Å². The third kappa shape index (κ3) is 4.91. The van der Waals surface area contributed by atoms with Crippen LogP contribution in [0, 0.1) is 5.82 Å². The average Bonchev–Trinajstić information content (AvgIpc) is 3.15. The number of nitrogens with zero attached hydrogens (tertiary/aromatic N) is 2. The number of thioether (sulfide) groups is 1. The molecule has 0 aliphatic heterocycles. The molecular weight excluding hydrogens is 425 g/mol. The van der Waals surface area contributed by atoms with Crippen molar-refractivity contribution in [2.75, 3.05) is 19.5 Å². The van der Waals surface area contributed by atoms with E-state index in [1.807, 2.05) is 5.38 Å². The molecule has 3 rings (SSSR count). The highest BCUT2D eigenvalue weighted by molar-refractivity contribution is 7.99. The Balaban J connectivity index is 1.67. The number of halogens is 2. The zero-order valence-electron chi connectivity index (χ0n) is 14.9. The normalized spacial score (nSPS) is 11.1. The predicted octanol–water partition coefficient (Wildman–Crippen LogP) is 3.31. The molecule has 1 amide bonds. The molecule has 28 heavy (non-hydrogen) atoms. The summed E-state index contributed by atoms with van der Waals surface area (Å²) < 4.78 is 20.4. The zero-order valence-corrected chi connectivity index (χ0v) is 17.3. The number of nitrogens with one attached hydrogen (secondary N) is 1. The quantitative estimate of drug-likeness (QED) is 0.429. The molecule has 0 bridgehead atoms. The molecule has 0 radical (unpaired) electrons. The third-order valence-corrected chi connectivity index (χ3v) is 6.01. The van der Waals surface area contributed by atoms with Crippen LogP contribution in [-0.4, -0.2) is 34.9 Å². The summed E-state index contributed by atoms with van der Waals surface area (Å²) in [6.45, 7) is 0.949. The molecule has 10 heteroatoms. The lowest BCUT2D eigenvalue weighted by Gasteiger charge is -2.11. The summed E-state index contributed by atoms with van der Waals surface area (Å²) in [7, 11) is 1.56. The molecule has 0 aliphatic carbocycles. The second kappa shape index (κ2) is 9.51. The number of carbonyl (C=O) groups excluding carboxylic acids is 1. The first kappa shape index (κ1) is 20.8. The molecule has 0 unspecified atom stereocenters. The van der Waals surface area contributed by atoms with Gasteiger partial charge in [-0.15, -0.1) is 11.3 Å². The van der Waals surface area contributed by atoms with Gasteiger partial charge < -0.3 is 10.1 Å². The molecule has 148 valence electrons. The van der Waals surface area contributed by atoms with Gasteiger partial charge >= 0.3 is 0 Å². The lowest BCUT2D eigenvalue weighted by molar-refractivity contribution is -0.118. The Kier molecular flexibility index (Phi) is 7.06. The number of thiophene rings is 1. The standard InChI is InChI=1S/C18H17ClFN3O3S2/c1-26-6-5-23-17(25)16-14(4-7-27-16)22-18(23)28-10-15(24)21-9-11-2-3-13(20)12(19)8-11/h2-4,7-8H,5-6,9-10H2,1H3,(H,21,24). The number of carbonyl (C=O) groups is 1. The van der Waals surface area contributed by atoms with Crippen molar-refractivity contribution in [3.05, 3.63) is 56.4 Å². The van der Waals surface area contributed by atoms with Gasteiger partial charge in [-0.05, 0) is 29.1 Å². The maximum absolute atomic E-state index is 13.2. The number of hydrogen-bond acceptors (Lipinski definition) is 6. The van der Waals surface area contributed by atoms with Gasteiger partial charge in [0.1, 0.15) is 10.5 Å². The van der Waals surface area contributed by atoms with Crippen LogP contribution in [0.2, 0.25) is 5.02 Å². The monoisotopic (exact) mass is 441 g/mol. The minimum atomic E-state index is -0.503. The summed E-state index contributed by atoms with van der Waals surface area (Å²) in [5.74, 6) is -0.649. The Morgan fingerprint density at radius 1 is 1.43 bits per heavy atom. The van der Waals surface area contributed by atoms with Gasteiger partial charge in [-0.1, -0.05) is 29.4 Å². The molecule has 1 N–H and O–H groups in total. The minimum absolute atomic E-state index is 0.0107. The largest absolute Gasteiger partial charge is 0.383 e. The Labute approximate surface area is 173 Å². The average molecular weight is 442 g/mol. The summed E-state index contributed by atoms with van der Waals surface area (Å²) in [6, 6.07) is 6.07. The predicted molar refractivity (Wildman–Crippen MR) is 110 cm³/mol. The van der Waals surface area contributed by atoms with Crippen LogP contribution in [0.3, 0.4) is 0 Å². The van der Waals surface area contributed by atoms with E-state index >= 15 is 0 Å². The van der Waals surface area contributed by atoms with E-state index in [9.17, 15) is 14.0 Å². The van der Waals surface area contributed by atoms with Gasteiger partial charge in [0.25, 0.3) is 5.56 Å². The number of hydrogen-bond donors (Lipinski definition) is 1. The molecule has 0 aliphatic rings. The molecule has 1 aromatic carbocycles. The Hall–Kier alpha value is -1.94. The summed E-state index contributed by atoms with van der Waals surface area (Å²) in [5.41, 5.74) is 1.17. The first-order valence-corrected chi connectivity index (χ1v) is 10.5. The van der Waals surface area contributed by atoms with E-state index in [4.69, 9.17) is 16.3 Å². The van der Waals surface area contributed by atoms with Crippen LogP contribution in [0.5, 0.6) is 0 Å². The summed E-state index contributed by atoms with van der Waals surface area (Å²) in [4.78, 5) is 29.3. The van der Waals surface area contributed by atoms with Gasteiger partial charge in [0.2, 0.25) is 5.91 Å². The summed E-state index contributed by atoms with van der Waals surface area (Å²) in [6.07, 6.45) is 0. The Morgan fingerprint density at radius 2 is 2.25 bits per heavy atom. The fraction of sp³-hybridized carbons (Fsp3) is 0.278. The van der Waals surface area contributed by atoms with Crippen LogP contribution in [0.25, 0.3) is 10.2 Å². The van der Waals surface area contributed by atoms with E-state index in [2.05, 4.69) is 10.3 Å². The highest BCUT2D eigenvalue weighted by atomic mass is 35.5.